The first-order chi connectivity index (χ1) is 9.76. The molecule has 0 amide bonds. The Morgan fingerprint density at radius 2 is 1.70 bits per heavy atom. The second-order valence-electron chi connectivity index (χ2n) is 4.66. The number of rotatable bonds is 11. The van der Waals surface area contributed by atoms with Gasteiger partial charge in [-0.05, 0) is 12.8 Å². The fourth-order valence-electron chi connectivity index (χ4n) is 1.86. The van der Waals surface area contributed by atoms with E-state index in [9.17, 15) is 0 Å². The molecular formula is C14H25N3O3. The molecule has 114 valence electrons. The van der Waals surface area contributed by atoms with Crippen molar-refractivity contribution in [2.24, 2.45) is 0 Å². The number of aliphatic hydroxyl groups is 1. The molecule has 1 aromatic rings. The Kier molecular flexibility index (Phi) is 8.46. The number of unbranched alkanes of at least 4 members (excludes halogenated alkanes) is 6. The number of hydrogen-bond acceptors (Lipinski definition) is 6. The number of nitrogens with zero attached hydrogens (tertiary/aromatic N) is 2. The van der Waals surface area contributed by atoms with Crippen LogP contribution in [0.2, 0.25) is 0 Å². The maximum atomic E-state index is 8.66. The summed E-state index contributed by atoms with van der Waals surface area (Å²) in [6.45, 7) is 0.926. The molecule has 0 unspecified atom stereocenters. The molecule has 6 nitrogen and oxygen atoms in total. The normalized spacial score (nSPS) is 10.5. The lowest BCUT2D eigenvalue weighted by molar-refractivity contribution is 0.279. The number of aliphatic hydroxyl groups excluding tert-OH is 1. The van der Waals surface area contributed by atoms with Crippen molar-refractivity contribution in [1.29, 1.82) is 0 Å². The first kappa shape index (κ1) is 16.5. The molecule has 3 N–H and O–H groups in total. The number of nitrogen functional groups attached to an aromatic ring is 1. The molecule has 0 aliphatic rings. The van der Waals surface area contributed by atoms with Crippen LogP contribution in [0, 0.1) is 0 Å². The molecule has 0 aliphatic carbocycles. The second-order valence-corrected chi connectivity index (χ2v) is 4.66. The molecule has 1 rings (SSSR count). The maximum Gasteiger partial charge on any atom is 0.321 e. The zero-order chi connectivity index (χ0) is 14.6. The summed E-state index contributed by atoms with van der Waals surface area (Å²) in [6.07, 6.45) is 7.77. The van der Waals surface area contributed by atoms with Crippen LogP contribution in [0.15, 0.2) is 6.07 Å². The lowest BCUT2D eigenvalue weighted by Gasteiger charge is -2.07. The van der Waals surface area contributed by atoms with Crippen LogP contribution < -0.4 is 15.2 Å². The van der Waals surface area contributed by atoms with Gasteiger partial charge < -0.3 is 20.3 Å². The smallest absolute Gasteiger partial charge is 0.321 e. The Labute approximate surface area is 120 Å². The Morgan fingerprint density at radius 1 is 1.05 bits per heavy atom. The van der Waals surface area contributed by atoms with Gasteiger partial charge in [0.15, 0.2) is 0 Å². The van der Waals surface area contributed by atoms with Gasteiger partial charge >= 0.3 is 6.01 Å². The van der Waals surface area contributed by atoms with E-state index in [1.807, 2.05) is 0 Å². The zero-order valence-electron chi connectivity index (χ0n) is 12.2. The Balaban J connectivity index is 2.08. The number of methoxy groups -OCH3 is 1. The van der Waals surface area contributed by atoms with Crippen molar-refractivity contribution in [3.05, 3.63) is 6.07 Å². The molecule has 20 heavy (non-hydrogen) atoms. The molecule has 6 heteroatoms. The summed E-state index contributed by atoms with van der Waals surface area (Å²) < 4.78 is 10.5. The minimum atomic E-state index is 0.226. The molecule has 0 saturated carbocycles. The van der Waals surface area contributed by atoms with Crippen LogP contribution in [0.1, 0.15) is 44.9 Å². The molecule has 0 atom stereocenters. The number of hydrogen-bond donors (Lipinski definition) is 2. The highest BCUT2D eigenvalue weighted by molar-refractivity contribution is 5.34. The monoisotopic (exact) mass is 283 g/mol. The standard InChI is InChI=1S/C14H25N3O3/c1-19-14-16-12(15)11-13(17-14)20-10-8-6-4-2-3-5-7-9-18/h11,18H,2-10H2,1H3,(H2,15,16,17). The average molecular weight is 283 g/mol. The van der Waals surface area contributed by atoms with Crippen LogP contribution in [-0.4, -0.2) is 35.4 Å². The number of aromatic nitrogens is 2. The molecule has 1 heterocycles. The highest BCUT2D eigenvalue weighted by Crippen LogP contribution is 2.15. The van der Waals surface area contributed by atoms with E-state index in [1.165, 1.54) is 26.4 Å². The topological polar surface area (TPSA) is 90.5 Å². The van der Waals surface area contributed by atoms with Crippen LogP contribution in [-0.2, 0) is 0 Å². The van der Waals surface area contributed by atoms with Gasteiger partial charge in [0.2, 0.25) is 5.88 Å². The van der Waals surface area contributed by atoms with Crippen LogP contribution >= 0.6 is 0 Å². The number of anilines is 1. The molecule has 0 aromatic carbocycles. The van der Waals surface area contributed by atoms with E-state index in [0.717, 1.165) is 25.7 Å². The van der Waals surface area contributed by atoms with Crippen LogP contribution in [0.25, 0.3) is 0 Å². The van der Waals surface area contributed by atoms with E-state index in [4.69, 9.17) is 20.3 Å². The predicted octanol–water partition coefficient (Wildman–Crippen LogP) is 2.17. The largest absolute Gasteiger partial charge is 0.477 e. The first-order valence-electron chi connectivity index (χ1n) is 7.18. The van der Waals surface area contributed by atoms with Gasteiger partial charge in [0.25, 0.3) is 0 Å². The second kappa shape index (κ2) is 10.3. The van der Waals surface area contributed by atoms with Gasteiger partial charge in [0.1, 0.15) is 5.82 Å². The zero-order valence-corrected chi connectivity index (χ0v) is 12.2. The van der Waals surface area contributed by atoms with Crippen molar-refractivity contribution in [3.8, 4) is 11.9 Å². The summed E-state index contributed by atoms with van der Waals surface area (Å²) in [5, 5.41) is 8.66. The van der Waals surface area contributed by atoms with E-state index in [1.54, 1.807) is 6.07 Å². The summed E-state index contributed by atoms with van der Waals surface area (Å²) in [4.78, 5) is 7.95. The molecule has 1 aromatic heterocycles. The van der Waals surface area contributed by atoms with Gasteiger partial charge in [-0.1, -0.05) is 32.1 Å². The minimum absolute atomic E-state index is 0.226. The maximum absolute atomic E-state index is 8.66. The van der Waals surface area contributed by atoms with E-state index >= 15 is 0 Å². The third-order valence-electron chi connectivity index (χ3n) is 2.94. The van der Waals surface area contributed by atoms with Gasteiger partial charge in [0.05, 0.1) is 13.7 Å². The van der Waals surface area contributed by atoms with Crippen molar-refractivity contribution in [2.75, 3.05) is 26.1 Å². The van der Waals surface area contributed by atoms with E-state index in [-0.39, 0.29) is 6.01 Å². The summed E-state index contributed by atoms with van der Waals surface area (Å²) in [6, 6.07) is 1.82. The first-order valence-corrected chi connectivity index (χ1v) is 7.18. The van der Waals surface area contributed by atoms with Crippen molar-refractivity contribution in [2.45, 2.75) is 44.9 Å². The highest BCUT2D eigenvalue weighted by Gasteiger charge is 2.03. The molecule has 0 radical (unpaired) electrons. The quantitative estimate of drug-likeness (QED) is 0.605. The Bertz CT molecular complexity index is 375. The summed E-state index contributed by atoms with van der Waals surface area (Å²) in [5.74, 6) is 0.799. The lowest BCUT2D eigenvalue weighted by atomic mass is 10.1. The fourth-order valence-corrected chi connectivity index (χ4v) is 1.86. The van der Waals surface area contributed by atoms with Gasteiger partial charge in [-0.2, -0.15) is 9.97 Å². The average Bonchev–Trinajstić information content (AvgIpc) is 2.45. The molecule has 0 spiro atoms. The lowest BCUT2D eigenvalue weighted by Crippen LogP contribution is -2.03. The van der Waals surface area contributed by atoms with Crippen LogP contribution in [0.5, 0.6) is 11.9 Å². The molecule has 0 fully saturated rings. The van der Waals surface area contributed by atoms with Crippen LogP contribution in [0.3, 0.4) is 0 Å². The van der Waals surface area contributed by atoms with E-state index in [2.05, 4.69) is 9.97 Å². The van der Waals surface area contributed by atoms with Crippen LogP contribution in [0.4, 0.5) is 5.82 Å². The predicted molar refractivity (Wildman–Crippen MR) is 77.9 cm³/mol. The SMILES string of the molecule is COc1nc(N)cc(OCCCCCCCCCO)n1. The fraction of sp³-hybridized carbons (Fsp3) is 0.714. The Hall–Kier alpha value is -1.56. The van der Waals surface area contributed by atoms with Gasteiger partial charge in [0, 0.05) is 12.7 Å². The summed E-state index contributed by atoms with van der Waals surface area (Å²) in [5.41, 5.74) is 5.62. The molecular weight excluding hydrogens is 258 g/mol. The van der Waals surface area contributed by atoms with E-state index in [0.29, 0.717) is 24.9 Å². The van der Waals surface area contributed by atoms with Gasteiger partial charge in [-0.15, -0.1) is 0 Å². The van der Waals surface area contributed by atoms with Gasteiger partial charge in [-0.3, -0.25) is 0 Å². The number of nitrogens with two attached hydrogens (primary N) is 1. The summed E-state index contributed by atoms with van der Waals surface area (Å²) in [7, 11) is 1.50. The van der Waals surface area contributed by atoms with Crippen molar-refractivity contribution >= 4 is 5.82 Å². The molecule has 0 saturated heterocycles. The number of ether oxygens (including phenoxy) is 2. The van der Waals surface area contributed by atoms with Crippen molar-refractivity contribution < 1.29 is 14.6 Å². The minimum Gasteiger partial charge on any atom is -0.477 e. The molecule has 0 bridgehead atoms. The Morgan fingerprint density at radius 3 is 2.35 bits per heavy atom. The summed E-state index contributed by atoms with van der Waals surface area (Å²) >= 11 is 0. The highest BCUT2D eigenvalue weighted by atomic mass is 16.5. The van der Waals surface area contributed by atoms with Crippen molar-refractivity contribution in [3.63, 3.8) is 0 Å². The van der Waals surface area contributed by atoms with Gasteiger partial charge in [-0.25, -0.2) is 0 Å². The third-order valence-corrected chi connectivity index (χ3v) is 2.94. The van der Waals surface area contributed by atoms with Crippen molar-refractivity contribution in [1.82, 2.24) is 9.97 Å². The molecule has 0 aliphatic heterocycles. The van der Waals surface area contributed by atoms with E-state index < -0.39 is 0 Å². The third kappa shape index (κ3) is 7.13.